The summed E-state index contributed by atoms with van der Waals surface area (Å²) in [5, 5.41) is 9.49. The van der Waals surface area contributed by atoms with E-state index in [4.69, 9.17) is 0 Å². The number of aromatic hydroxyl groups is 1. The number of para-hydroxylation sites is 2. The number of phenolic OH excluding ortho intramolecular Hbond substituents is 1. The summed E-state index contributed by atoms with van der Waals surface area (Å²) in [5.74, 6) is 1.24. The lowest BCUT2D eigenvalue weighted by molar-refractivity contribution is 0.475. The number of aryl methyl sites for hydroxylation is 2. The highest BCUT2D eigenvalue weighted by Gasteiger charge is 2.10. The van der Waals surface area contributed by atoms with Gasteiger partial charge in [0.1, 0.15) is 11.6 Å². The van der Waals surface area contributed by atoms with E-state index in [0.717, 1.165) is 28.1 Å². The standard InChI is InChI=1S/C15H14N2O/c1-10-9-12(18)7-8-14(10)17-11(2)16-13-5-3-4-6-15(13)17/h3-9,18H,1-2H3. The van der Waals surface area contributed by atoms with Crippen LogP contribution in [0.5, 0.6) is 5.75 Å². The van der Waals surface area contributed by atoms with Crippen molar-refractivity contribution >= 4 is 11.0 Å². The average Bonchev–Trinajstić information content (AvgIpc) is 2.66. The highest BCUT2D eigenvalue weighted by Crippen LogP contribution is 2.25. The van der Waals surface area contributed by atoms with Crippen LogP contribution in [-0.4, -0.2) is 14.7 Å². The van der Waals surface area contributed by atoms with Gasteiger partial charge in [-0.1, -0.05) is 12.1 Å². The normalized spacial score (nSPS) is 11.0. The summed E-state index contributed by atoms with van der Waals surface area (Å²) in [6.45, 7) is 3.98. The predicted molar refractivity (Wildman–Crippen MR) is 72.2 cm³/mol. The Balaban J connectivity index is 2.34. The fourth-order valence-electron chi connectivity index (χ4n) is 2.34. The van der Waals surface area contributed by atoms with Gasteiger partial charge in [0.05, 0.1) is 16.7 Å². The number of hydrogen-bond acceptors (Lipinski definition) is 2. The van der Waals surface area contributed by atoms with Crippen molar-refractivity contribution in [2.24, 2.45) is 0 Å². The maximum atomic E-state index is 9.49. The van der Waals surface area contributed by atoms with Gasteiger partial charge in [0, 0.05) is 0 Å². The van der Waals surface area contributed by atoms with Crippen LogP contribution in [0.1, 0.15) is 11.4 Å². The van der Waals surface area contributed by atoms with Crippen LogP contribution in [0.3, 0.4) is 0 Å². The summed E-state index contributed by atoms with van der Waals surface area (Å²) in [6, 6.07) is 13.5. The smallest absolute Gasteiger partial charge is 0.115 e. The number of benzene rings is 2. The Morgan fingerprint density at radius 1 is 1.06 bits per heavy atom. The predicted octanol–water partition coefficient (Wildman–Crippen LogP) is 3.35. The zero-order chi connectivity index (χ0) is 12.7. The van der Waals surface area contributed by atoms with Gasteiger partial charge in [-0.2, -0.15) is 0 Å². The summed E-state index contributed by atoms with van der Waals surface area (Å²) in [6.07, 6.45) is 0. The molecule has 18 heavy (non-hydrogen) atoms. The van der Waals surface area contributed by atoms with E-state index in [9.17, 15) is 5.11 Å². The minimum atomic E-state index is 0.290. The van der Waals surface area contributed by atoms with Crippen LogP contribution in [0, 0.1) is 13.8 Å². The maximum absolute atomic E-state index is 9.49. The third-order valence-electron chi connectivity index (χ3n) is 3.15. The van der Waals surface area contributed by atoms with Gasteiger partial charge in [-0.05, 0) is 49.7 Å². The summed E-state index contributed by atoms with van der Waals surface area (Å²) < 4.78 is 2.12. The molecule has 90 valence electrons. The van der Waals surface area contributed by atoms with Crippen molar-refractivity contribution in [3.63, 3.8) is 0 Å². The summed E-state index contributed by atoms with van der Waals surface area (Å²) in [5.41, 5.74) is 4.16. The average molecular weight is 238 g/mol. The Morgan fingerprint density at radius 3 is 2.61 bits per heavy atom. The quantitative estimate of drug-likeness (QED) is 0.706. The van der Waals surface area contributed by atoms with E-state index in [2.05, 4.69) is 15.6 Å². The molecule has 0 saturated carbocycles. The molecule has 2 aromatic carbocycles. The monoisotopic (exact) mass is 238 g/mol. The van der Waals surface area contributed by atoms with Crippen molar-refractivity contribution in [2.45, 2.75) is 13.8 Å². The molecule has 1 aromatic heterocycles. The topological polar surface area (TPSA) is 38.0 Å². The van der Waals surface area contributed by atoms with Gasteiger partial charge in [0.15, 0.2) is 0 Å². The van der Waals surface area contributed by atoms with Crippen molar-refractivity contribution in [1.29, 1.82) is 0 Å². The van der Waals surface area contributed by atoms with E-state index in [0.29, 0.717) is 5.75 Å². The molecule has 1 heterocycles. The number of imidazole rings is 1. The molecule has 1 N–H and O–H groups in total. The first kappa shape index (κ1) is 10.8. The maximum Gasteiger partial charge on any atom is 0.115 e. The second kappa shape index (κ2) is 3.88. The fraction of sp³-hybridized carbons (Fsp3) is 0.133. The molecule has 0 saturated heterocycles. The van der Waals surface area contributed by atoms with E-state index in [1.165, 1.54) is 0 Å². The molecular formula is C15H14N2O. The first-order valence-electron chi connectivity index (χ1n) is 5.91. The van der Waals surface area contributed by atoms with Gasteiger partial charge in [0.25, 0.3) is 0 Å². The number of hydrogen-bond donors (Lipinski definition) is 1. The first-order chi connectivity index (χ1) is 8.66. The second-order valence-corrected chi connectivity index (χ2v) is 4.45. The Labute approximate surface area is 105 Å². The van der Waals surface area contributed by atoms with Gasteiger partial charge in [-0.15, -0.1) is 0 Å². The first-order valence-corrected chi connectivity index (χ1v) is 5.91. The van der Waals surface area contributed by atoms with Crippen molar-refractivity contribution in [3.8, 4) is 11.4 Å². The lowest BCUT2D eigenvalue weighted by Crippen LogP contribution is -1.99. The number of aromatic nitrogens is 2. The van der Waals surface area contributed by atoms with Gasteiger partial charge < -0.3 is 5.11 Å². The molecule has 3 heteroatoms. The number of rotatable bonds is 1. The zero-order valence-electron chi connectivity index (χ0n) is 10.4. The van der Waals surface area contributed by atoms with Crippen LogP contribution < -0.4 is 0 Å². The van der Waals surface area contributed by atoms with Crippen LogP contribution >= 0.6 is 0 Å². The molecule has 0 atom stereocenters. The molecular weight excluding hydrogens is 224 g/mol. The molecule has 0 amide bonds. The van der Waals surface area contributed by atoms with Crippen LogP contribution in [0.15, 0.2) is 42.5 Å². The summed E-state index contributed by atoms with van der Waals surface area (Å²) in [7, 11) is 0. The van der Waals surface area contributed by atoms with E-state index in [-0.39, 0.29) is 0 Å². The number of nitrogens with zero attached hydrogens (tertiary/aromatic N) is 2. The molecule has 0 spiro atoms. The molecule has 0 fully saturated rings. The minimum Gasteiger partial charge on any atom is -0.508 e. The summed E-state index contributed by atoms with van der Waals surface area (Å²) >= 11 is 0. The summed E-state index contributed by atoms with van der Waals surface area (Å²) in [4.78, 5) is 4.55. The van der Waals surface area contributed by atoms with E-state index >= 15 is 0 Å². The lowest BCUT2D eigenvalue weighted by atomic mass is 10.2. The fourth-order valence-corrected chi connectivity index (χ4v) is 2.34. The van der Waals surface area contributed by atoms with Crippen molar-refractivity contribution in [3.05, 3.63) is 53.9 Å². The van der Waals surface area contributed by atoms with Gasteiger partial charge >= 0.3 is 0 Å². The number of fused-ring (bicyclic) bond motifs is 1. The van der Waals surface area contributed by atoms with Crippen LogP contribution in [0.25, 0.3) is 16.7 Å². The van der Waals surface area contributed by atoms with E-state index in [1.54, 1.807) is 12.1 Å². The molecule has 0 bridgehead atoms. The largest absolute Gasteiger partial charge is 0.508 e. The molecule has 0 radical (unpaired) electrons. The highest BCUT2D eigenvalue weighted by atomic mass is 16.3. The van der Waals surface area contributed by atoms with Crippen LogP contribution in [0.2, 0.25) is 0 Å². The third kappa shape index (κ3) is 1.56. The van der Waals surface area contributed by atoms with Crippen molar-refractivity contribution in [1.82, 2.24) is 9.55 Å². The lowest BCUT2D eigenvalue weighted by Gasteiger charge is -2.10. The molecule has 0 unspecified atom stereocenters. The Morgan fingerprint density at radius 2 is 1.83 bits per heavy atom. The van der Waals surface area contributed by atoms with Gasteiger partial charge in [-0.25, -0.2) is 4.98 Å². The van der Waals surface area contributed by atoms with Crippen LogP contribution in [0.4, 0.5) is 0 Å². The Kier molecular flexibility index (Phi) is 2.33. The van der Waals surface area contributed by atoms with Crippen LogP contribution in [-0.2, 0) is 0 Å². The van der Waals surface area contributed by atoms with E-state index < -0.39 is 0 Å². The zero-order valence-corrected chi connectivity index (χ0v) is 10.4. The van der Waals surface area contributed by atoms with Crippen molar-refractivity contribution in [2.75, 3.05) is 0 Å². The highest BCUT2D eigenvalue weighted by molar-refractivity contribution is 5.78. The minimum absolute atomic E-state index is 0.290. The Hall–Kier alpha value is -2.29. The molecule has 0 aliphatic carbocycles. The van der Waals surface area contributed by atoms with Gasteiger partial charge in [-0.3, -0.25) is 4.57 Å². The Bertz CT molecular complexity index is 728. The van der Waals surface area contributed by atoms with E-state index in [1.807, 2.05) is 38.1 Å². The molecule has 3 rings (SSSR count). The molecule has 3 nitrogen and oxygen atoms in total. The molecule has 3 aromatic rings. The van der Waals surface area contributed by atoms with Crippen molar-refractivity contribution < 1.29 is 5.11 Å². The number of phenols is 1. The SMILES string of the molecule is Cc1cc(O)ccc1-n1c(C)nc2ccccc21. The molecule has 0 aliphatic rings. The third-order valence-corrected chi connectivity index (χ3v) is 3.15. The second-order valence-electron chi connectivity index (χ2n) is 4.45. The molecule has 0 aliphatic heterocycles. The van der Waals surface area contributed by atoms with Gasteiger partial charge in [0.2, 0.25) is 0 Å².